The largest absolute Gasteiger partial charge is 0.355 e. The molecule has 0 aliphatic carbocycles. The molecular weight excluding hydrogens is 278 g/mol. The molecule has 1 atom stereocenters. The molecule has 2 rings (SSSR count). The second-order valence-corrected chi connectivity index (χ2v) is 5.15. The van der Waals surface area contributed by atoms with E-state index in [0.29, 0.717) is 31.6 Å². The summed E-state index contributed by atoms with van der Waals surface area (Å²) >= 11 is 0. The molecule has 1 aliphatic heterocycles. The maximum Gasteiger partial charge on any atom is 0.225 e. The Bertz CT molecular complexity index is 528. The molecule has 0 radical (unpaired) electrons. The zero-order valence-electron chi connectivity index (χ0n) is 11.9. The Labute approximate surface area is 122 Å². The van der Waals surface area contributed by atoms with Gasteiger partial charge < -0.3 is 10.2 Å². The summed E-state index contributed by atoms with van der Waals surface area (Å²) in [6, 6.07) is 3.30. The molecule has 114 valence electrons. The number of halogens is 2. The van der Waals surface area contributed by atoms with Crippen LogP contribution in [-0.4, -0.2) is 36.3 Å². The Morgan fingerprint density at radius 3 is 2.57 bits per heavy atom. The number of hydrogen-bond acceptors (Lipinski definition) is 2. The van der Waals surface area contributed by atoms with Crippen LogP contribution in [0, 0.1) is 17.6 Å². The molecule has 6 heteroatoms. The SMILES string of the molecule is CCN1C[C@H](C(=O)NCCc2cc(F)cc(F)c2)CC1=O. The van der Waals surface area contributed by atoms with Crippen LogP contribution in [0.25, 0.3) is 0 Å². The third kappa shape index (κ3) is 4.00. The number of nitrogens with one attached hydrogen (secondary N) is 1. The molecule has 2 amide bonds. The molecule has 4 nitrogen and oxygen atoms in total. The highest BCUT2D eigenvalue weighted by atomic mass is 19.1. The predicted molar refractivity (Wildman–Crippen MR) is 73.4 cm³/mol. The molecule has 0 bridgehead atoms. The summed E-state index contributed by atoms with van der Waals surface area (Å²) in [7, 11) is 0. The van der Waals surface area contributed by atoms with Crippen molar-refractivity contribution in [1.29, 1.82) is 0 Å². The van der Waals surface area contributed by atoms with Crippen LogP contribution in [0.15, 0.2) is 18.2 Å². The minimum atomic E-state index is -0.628. The van der Waals surface area contributed by atoms with E-state index in [-0.39, 0.29) is 24.2 Å². The van der Waals surface area contributed by atoms with Crippen molar-refractivity contribution in [2.24, 2.45) is 5.92 Å². The number of amides is 2. The lowest BCUT2D eigenvalue weighted by molar-refractivity contribution is -0.128. The average molecular weight is 296 g/mol. The quantitative estimate of drug-likeness (QED) is 0.895. The lowest BCUT2D eigenvalue weighted by Crippen LogP contribution is -2.34. The number of rotatable bonds is 5. The number of carbonyl (C=O) groups is 2. The van der Waals surface area contributed by atoms with Crippen molar-refractivity contribution in [2.75, 3.05) is 19.6 Å². The van der Waals surface area contributed by atoms with Crippen LogP contribution < -0.4 is 5.32 Å². The van der Waals surface area contributed by atoms with E-state index in [1.54, 1.807) is 4.90 Å². The van der Waals surface area contributed by atoms with E-state index in [4.69, 9.17) is 0 Å². The van der Waals surface area contributed by atoms with Gasteiger partial charge in [-0.15, -0.1) is 0 Å². The molecule has 0 saturated carbocycles. The van der Waals surface area contributed by atoms with Gasteiger partial charge in [0.2, 0.25) is 11.8 Å². The summed E-state index contributed by atoms with van der Waals surface area (Å²) in [5.41, 5.74) is 0.491. The third-order valence-corrected chi connectivity index (χ3v) is 3.60. The van der Waals surface area contributed by atoms with Crippen LogP contribution >= 0.6 is 0 Å². The van der Waals surface area contributed by atoms with Crippen molar-refractivity contribution in [3.63, 3.8) is 0 Å². The van der Waals surface area contributed by atoms with Crippen molar-refractivity contribution in [1.82, 2.24) is 10.2 Å². The third-order valence-electron chi connectivity index (χ3n) is 3.60. The lowest BCUT2D eigenvalue weighted by Gasteiger charge is -2.13. The number of carbonyl (C=O) groups excluding carboxylic acids is 2. The Balaban J connectivity index is 1.81. The summed E-state index contributed by atoms with van der Waals surface area (Å²) in [5, 5.41) is 2.71. The summed E-state index contributed by atoms with van der Waals surface area (Å²) < 4.78 is 26.0. The average Bonchev–Trinajstić information content (AvgIpc) is 2.79. The Morgan fingerprint density at radius 2 is 2.00 bits per heavy atom. The molecule has 1 heterocycles. The van der Waals surface area contributed by atoms with E-state index in [9.17, 15) is 18.4 Å². The topological polar surface area (TPSA) is 49.4 Å². The van der Waals surface area contributed by atoms with E-state index in [1.807, 2.05) is 6.92 Å². The molecule has 1 aromatic rings. The summed E-state index contributed by atoms with van der Waals surface area (Å²) in [6.07, 6.45) is 0.576. The predicted octanol–water partition coefficient (Wildman–Crippen LogP) is 1.49. The van der Waals surface area contributed by atoms with Gasteiger partial charge in [-0.1, -0.05) is 0 Å². The summed E-state index contributed by atoms with van der Waals surface area (Å²) in [6.45, 7) is 3.20. The molecule has 1 saturated heterocycles. The van der Waals surface area contributed by atoms with Gasteiger partial charge in [0.15, 0.2) is 0 Å². The fourth-order valence-corrected chi connectivity index (χ4v) is 2.48. The molecule has 0 aromatic heterocycles. The van der Waals surface area contributed by atoms with Crippen LogP contribution in [0.4, 0.5) is 8.78 Å². The Hall–Kier alpha value is -1.98. The second kappa shape index (κ2) is 6.65. The van der Waals surface area contributed by atoms with Crippen molar-refractivity contribution in [3.8, 4) is 0 Å². The van der Waals surface area contributed by atoms with E-state index < -0.39 is 11.6 Å². The maximum atomic E-state index is 13.0. The first-order valence-electron chi connectivity index (χ1n) is 7.00. The minimum absolute atomic E-state index is 0.00940. The smallest absolute Gasteiger partial charge is 0.225 e. The van der Waals surface area contributed by atoms with Crippen LogP contribution in [-0.2, 0) is 16.0 Å². The Morgan fingerprint density at radius 1 is 1.33 bits per heavy atom. The first kappa shape index (κ1) is 15.4. The van der Waals surface area contributed by atoms with E-state index in [0.717, 1.165) is 6.07 Å². The normalized spacial score (nSPS) is 18.1. The van der Waals surface area contributed by atoms with Crippen molar-refractivity contribution >= 4 is 11.8 Å². The maximum absolute atomic E-state index is 13.0. The number of likely N-dealkylation sites (tertiary alicyclic amines) is 1. The zero-order valence-corrected chi connectivity index (χ0v) is 11.9. The highest BCUT2D eigenvalue weighted by molar-refractivity contribution is 5.89. The summed E-state index contributed by atoms with van der Waals surface area (Å²) in [5.74, 6) is -1.78. The van der Waals surface area contributed by atoms with Gasteiger partial charge in [-0.3, -0.25) is 9.59 Å². The fourth-order valence-electron chi connectivity index (χ4n) is 2.48. The van der Waals surface area contributed by atoms with Gasteiger partial charge in [-0.25, -0.2) is 8.78 Å². The fraction of sp³-hybridized carbons (Fsp3) is 0.467. The van der Waals surface area contributed by atoms with Gasteiger partial charge in [0.05, 0.1) is 5.92 Å². The Kier molecular flexibility index (Phi) is 4.88. The van der Waals surface area contributed by atoms with Crippen molar-refractivity contribution in [2.45, 2.75) is 19.8 Å². The van der Waals surface area contributed by atoms with E-state index >= 15 is 0 Å². The number of nitrogens with zero attached hydrogens (tertiary/aromatic N) is 1. The molecule has 0 unspecified atom stereocenters. The summed E-state index contributed by atoms with van der Waals surface area (Å²) in [4.78, 5) is 25.1. The first-order valence-corrected chi connectivity index (χ1v) is 7.00. The highest BCUT2D eigenvalue weighted by Gasteiger charge is 2.32. The molecule has 1 aliphatic rings. The van der Waals surface area contributed by atoms with Gasteiger partial charge in [0.1, 0.15) is 11.6 Å². The van der Waals surface area contributed by atoms with E-state index in [1.165, 1.54) is 12.1 Å². The minimum Gasteiger partial charge on any atom is -0.355 e. The van der Waals surface area contributed by atoms with Crippen LogP contribution in [0.3, 0.4) is 0 Å². The number of benzene rings is 1. The highest BCUT2D eigenvalue weighted by Crippen LogP contribution is 2.17. The molecule has 21 heavy (non-hydrogen) atoms. The monoisotopic (exact) mass is 296 g/mol. The lowest BCUT2D eigenvalue weighted by atomic mass is 10.1. The molecule has 1 N–H and O–H groups in total. The molecule has 0 spiro atoms. The standard InChI is InChI=1S/C15H18F2N2O2/c1-2-19-9-11(7-14(19)20)15(21)18-4-3-10-5-12(16)8-13(17)6-10/h5-6,8,11H,2-4,7,9H2,1H3,(H,18,21)/t11-/m1/s1. The van der Waals surface area contributed by atoms with Gasteiger partial charge in [0.25, 0.3) is 0 Å². The number of hydrogen-bond donors (Lipinski definition) is 1. The molecule has 1 aromatic carbocycles. The van der Waals surface area contributed by atoms with E-state index in [2.05, 4.69) is 5.32 Å². The van der Waals surface area contributed by atoms with Gasteiger partial charge in [0, 0.05) is 32.1 Å². The van der Waals surface area contributed by atoms with Crippen LogP contribution in [0.1, 0.15) is 18.9 Å². The van der Waals surface area contributed by atoms with Gasteiger partial charge >= 0.3 is 0 Å². The van der Waals surface area contributed by atoms with Gasteiger partial charge in [-0.05, 0) is 31.0 Å². The van der Waals surface area contributed by atoms with Crippen LogP contribution in [0.2, 0.25) is 0 Å². The first-order chi connectivity index (χ1) is 9.99. The van der Waals surface area contributed by atoms with Crippen molar-refractivity contribution < 1.29 is 18.4 Å². The molecule has 1 fully saturated rings. The van der Waals surface area contributed by atoms with Crippen molar-refractivity contribution in [3.05, 3.63) is 35.4 Å². The van der Waals surface area contributed by atoms with Crippen LogP contribution in [0.5, 0.6) is 0 Å². The van der Waals surface area contributed by atoms with Gasteiger partial charge in [-0.2, -0.15) is 0 Å². The second-order valence-electron chi connectivity index (χ2n) is 5.15. The zero-order chi connectivity index (χ0) is 15.4. The molecular formula is C15H18F2N2O2.